The topological polar surface area (TPSA) is 89.8 Å². The molecule has 0 fully saturated rings. The Balaban J connectivity index is 3.65. The van der Waals surface area contributed by atoms with Crippen LogP contribution >= 0.6 is 0 Å². The fourth-order valence-electron chi connectivity index (χ4n) is 3.38. The summed E-state index contributed by atoms with van der Waals surface area (Å²) in [5.74, 6) is -0.201. The lowest BCUT2D eigenvalue weighted by Gasteiger charge is -2.26. The number of aliphatic hydroxyl groups is 3. The molecule has 0 rings (SSSR count). The molecule has 5 nitrogen and oxygen atoms in total. The van der Waals surface area contributed by atoms with E-state index in [1.165, 1.54) is 57.8 Å². The minimum atomic E-state index is -1.12. The fourth-order valence-corrected chi connectivity index (χ4v) is 3.38. The van der Waals surface area contributed by atoms with Crippen LogP contribution < -0.4 is 5.32 Å². The van der Waals surface area contributed by atoms with Crippen molar-refractivity contribution in [3.05, 3.63) is 0 Å². The van der Waals surface area contributed by atoms with Gasteiger partial charge in [0.25, 0.3) is 0 Å². The lowest BCUT2D eigenvalue weighted by molar-refractivity contribution is -0.124. The van der Waals surface area contributed by atoms with E-state index >= 15 is 0 Å². The minimum Gasteiger partial charge on any atom is -0.394 e. The molecule has 0 heterocycles. The smallest absolute Gasteiger partial charge is 0.220 e. The first-order valence-corrected chi connectivity index (χ1v) is 11.3. The highest BCUT2D eigenvalue weighted by molar-refractivity contribution is 5.76. The van der Waals surface area contributed by atoms with Crippen molar-refractivity contribution in [1.29, 1.82) is 0 Å². The van der Waals surface area contributed by atoms with E-state index in [4.69, 9.17) is 0 Å². The van der Waals surface area contributed by atoms with Crippen molar-refractivity contribution >= 4 is 5.91 Å². The summed E-state index contributed by atoms with van der Waals surface area (Å²) in [4.78, 5) is 11.6. The molecule has 162 valence electrons. The average molecular weight is 388 g/mol. The fraction of sp³-hybridized carbons (Fsp3) is 0.955. The second kappa shape index (κ2) is 18.7. The zero-order valence-corrected chi connectivity index (χ0v) is 17.8. The van der Waals surface area contributed by atoms with Crippen molar-refractivity contribution in [2.24, 2.45) is 0 Å². The number of rotatable bonds is 19. The van der Waals surface area contributed by atoms with Crippen LogP contribution in [0.25, 0.3) is 0 Å². The van der Waals surface area contributed by atoms with Gasteiger partial charge in [-0.1, -0.05) is 90.9 Å². The summed E-state index contributed by atoms with van der Waals surface area (Å²) in [6.45, 7) is 3.77. The second-order valence-corrected chi connectivity index (χ2v) is 7.84. The first-order chi connectivity index (χ1) is 13.1. The molecule has 0 aromatic rings. The van der Waals surface area contributed by atoms with Gasteiger partial charge in [0.15, 0.2) is 0 Å². The molecule has 27 heavy (non-hydrogen) atoms. The number of hydrogen-bond donors (Lipinski definition) is 4. The molecule has 0 radical (unpaired) electrons. The molecule has 0 unspecified atom stereocenters. The van der Waals surface area contributed by atoms with Crippen LogP contribution in [0.4, 0.5) is 0 Å². The maximum Gasteiger partial charge on any atom is 0.220 e. The maximum absolute atomic E-state index is 11.6. The first kappa shape index (κ1) is 26.4. The van der Waals surface area contributed by atoms with E-state index in [0.29, 0.717) is 19.3 Å². The van der Waals surface area contributed by atoms with Crippen LogP contribution in [-0.2, 0) is 4.79 Å². The van der Waals surface area contributed by atoms with Crippen LogP contribution in [0.15, 0.2) is 0 Å². The van der Waals surface area contributed by atoms with Crippen LogP contribution in [0.2, 0.25) is 0 Å². The molecule has 4 N–H and O–H groups in total. The van der Waals surface area contributed by atoms with Crippen molar-refractivity contribution in [3.63, 3.8) is 0 Å². The lowest BCUT2D eigenvalue weighted by atomic mass is 9.99. The predicted molar refractivity (Wildman–Crippen MR) is 112 cm³/mol. The van der Waals surface area contributed by atoms with Gasteiger partial charge in [0.05, 0.1) is 18.8 Å². The summed E-state index contributed by atoms with van der Waals surface area (Å²) in [6, 6.07) is -0.795. The van der Waals surface area contributed by atoms with Crippen LogP contribution in [0.3, 0.4) is 0 Å². The predicted octanol–water partition coefficient (Wildman–Crippen LogP) is 4.08. The van der Waals surface area contributed by atoms with Gasteiger partial charge in [0.1, 0.15) is 6.10 Å². The van der Waals surface area contributed by atoms with Crippen LogP contribution in [0.5, 0.6) is 0 Å². The highest BCUT2D eigenvalue weighted by atomic mass is 16.3. The normalized spacial score (nSPS) is 14.7. The Kier molecular flexibility index (Phi) is 18.3. The Morgan fingerprint density at radius 1 is 0.778 bits per heavy atom. The van der Waals surface area contributed by atoms with E-state index in [9.17, 15) is 20.1 Å². The number of aliphatic hydroxyl groups excluding tert-OH is 3. The van der Waals surface area contributed by atoms with Gasteiger partial charge in [-0.15, -0.1) is 0 Å². The number of unbranched alkanes of at least 4 members (excludes halogenated alkanes) is 11. The highest BCUT2D eigenvalue weighted by Crippen LogP contribution is 2.14. The van der Waals surface area contributed by atoms with Crippen LogP contribution in [-0.4, -0.2) is 46.1 Å². The Bertz CT molecular complexity index is 338. The molecule has 0 aliphatic carbocycles. The summed E-state index contributed by atoms with van der Waals surface area (Å²) < 4.78 is 0. The van der Waals surface area contributed by atoms with Gasteiger partial charge >= 0.3 is 0 Å². The largest absolute Gasteiger partial charge is 0.394 e. The number of hydrogen-bond acceptors (Lipinski definition) is 4. The summed E-state index contributed by atoms with van der Waals surface area (Å²) in [6.07, 6.45) is 14.6. The molecular weight excluding hydrogens is 342 g/mol. The Hall–Kier alpha value is -0.650. The van der Waals surface area contributed by atoms with E-state index in [1.54, 1.807) is 0 Å². The molecule has 0 aliphatic rings. The molecule has 5 heteroatoms. The van der Waals surface area contributed by atoms with E-state index in [2.05, 4.69) is 12.2 Å². The monoisotopic (exact) mass is 387 g/mol. The molecule has 1 amide bonds. The summed E-state index contributed by atoms with van der Waals surface area (Å²) in [7, 11) is 0. The van der Waals surface area contributed by atoms with Gasteiger partial charge in [-0.25, -0.2) is 0 Å². The average Bonchev–Trinajstić information content (AvgIpc) is 2.66. The summed E-state index contributed by atoms with van der Waals surface area (Å²) >= 11 is 0. The van der Waals surface area contributed by atoms with Gasteiger partial charge in [-0.05, 0) is 12.8 Å². The highest BCUT2D eigenvalue weighted by Gasteiger charge is 2.26. The molecule has 0 aromatic heterocycles. The molecule has 0 bridgehead atoms. The SMILES string of the molecule is CCCCCCCCCCCCCC[C@H](O)[C@H](O)[C@H](CO)NC(=O)CCC. The van der Waals surface area contributed by atoms with E-state index in [-0.39, 0.29) is 12.5 Å². The van der Waals surface area contributed by atoms with Crippen molar-refractivity contribution < 1.29 is 20.1 Å². The zero-order chi connectivity index (χ0) is 20.3. The molecule has 0 saturated heterocycles. The van der Waals surface area contributed by atoms with Crippen LogP contribution in [0, 0.1) is 0 Å². The van der Waals surface area contributed by atoms with Gasteiger partial charge in [0.2, 0.25) is 5.91 Å². The zero-order valence-electron chi connectivity index (χ0n) is 17.8. The van der Waals surface area contributed by atoms with Gasteiger partial charge in [-0.3, -0.25) is 4.79 Å². The van der Waals surface area contributed by atoms with Crippen LogP contribution in [0.1, 0.15) is 110 Å². The minimum absolute atomic E-state index is 0.201. The number of carbonyl (C=O) groups excluding carboxylic acids is 1. The molecular formula is C22H45NO4. The Labute approximate surface area is 166 Å². The van der Waals surface area contributed by atoms with Gasteiger partial charge in [-0.2, -0.15) is 0 Å². The summed E-state index contributed by atoms with van der Waals surface area (Å²) in [5.41, 5.74) is 0. The van der Waals surface area contributed by atoms with E-state index < -0.39 is 18.2 Å². The van der Waals surface area contributed by atoms with Crippen molar-refractivity contribution in [2.45, 2.75) is 128 Å². The molecule has 0 spiro atoms. The van der Waals surface area contributed by atoms with Crippen molar-refractivity contribution in [1.82, 2.24) is 5.32 Å². The van der Waals surface area contributed by atoms with Crippen molar-refractivity contribution in [3.8, 4) is 0 Å². The van der Waals surface area contributed by atoms with Gasteiger partial charge < -0.3 is 20.6 Å². The van der Waals surface area contributed by atoms with Crippen molar-refractivity contribution in [2.75, 3.05) is 6.61 Å². The van der Waals surface area contributed by atoms with E-state index in [0.717, 1.165) is 19.3 Å². The Morgan fingerprint density at radius 3 is 1.70 bits per heavy atom. The second-order valence-electron chi connectivity index (χ2n) is 7.84. The standard InChI is InChI=1S/C22H45NO4/c1-3-5-6-7-8-9-10-11-12-13-14-15-17-20(25)22(27)19(18-24)23-21(26)16-4-2/h19-20,22,24-25,27H,3-18H2,1-2H3,(H,23,26)/t19-,20-,22+/m0/s1. The number of nitrogens with one attached hydrogen (secondary N) is 1. The first-order valence-electron chi connectivity index (χ1n) is 11.3. The summed E-state index contributed by atoms with van der Waals surface area (Å²) in [5, 5.41) is 32.2. The molecule has 0 aliphatic heterocycles. The number of carbonyl (C=O) groups is 1. The maximum atomic E-state index is 11.6. The molecule has 0 aromatic carbocycles. The van der Waals surface area contributed by atoms with E-state index in [1.807, 2.05) is 6.92 Å². The Morgan fingerprint density at radius 2 is 1.26 bits per heavy atom. The van der Waals surface area contributed by atoms with Gasteiger partial charge in [0, 0.05) is 6.42 Å². The number of amides is 1. The quantitative estimate of drug-likeness (QED) is 0.251. The third kappa shape index (κ3) is 15.0. The third-order valence-electron chi connectivity index (χ3n) is 5.18. The molecule has 3 atom stereocenters. The third-order valence-corrected chi connectivity index (χ3v) is 5.18. The molecule has 0 saturated carbocycles. The lowest BCUT2D eigenvalue weighted by Crippen LogP contribution is -2.50.